The average Bonchev–Trinajstić information content (AvgIpc) is 2.56. The number of rotatable bonds is 4. The van der Waals surface area contributed by atoms with Crippen LogP contribution in [0.25, 0.3) is 0 Å². The Morgan fingerprint density at radius 1 is 1.36 bits per heavy atom. The van der Waals surface area contributed by atoms with Crippen LogP contribution in [0.2, 0.25) is 0 Å². The van der Waals surface area contributed by atoms with Gasteiger partial charge in [0.05, 0.1) is 32.4 Å². The fraction of sp³-hybridized carbons (Fsp3) is 0.611. The molecule has 0 bridgehead atoms. The van der Waals surface area contributed by atoms with Crippen LogP contribution in [0.15, 0.2) is 29.3 Å². The first-order valence-electron chi connectivity index (χ1n) is 8.67. The number of nitrogens with two attached hydrogens (primary N) is 1. The zero-order valence-electron chi connectivity index (χ0n) is 15.0. The number of hydrogen-bond acceptors (Lipinski definition) is 4. The van der Waals surface area contributed by atoms with Crippen LogP contribution in [0.5, 0.6) is 5.75 Å². The summed E-state index contributed by atoms with van der Waals surface area (Å²) in [6.07, 6.45) is 0.893. The third-order valence-corrected chi connectivity index (χ3v) is 4.75. The molecular weight excluding hydrogens is 431 g/mol. The molecule has 6 nitrogen and oxygen atoms in total. The van der Waals surface area contributed by atoms with Gasteiger partial charge in [0.2, 0.25) is 0 Å². The minimum Gasteiger partial charge on any atom is -0.493 e. The van der Waals surface area contributed by atoms with Gasteiger partial charge < -0.3 is 20.5 Å². The summed E-state index contributed by atoms with van der Waals surface area (Å²) in [4.78, 5) is 6.92. The molecule has 1 unspecified atom stereocenters. The normalized spacial score (nSPS) is 23.1. The summed E-state index contributed by atoms with van der Waals surface area (Å²) in [5.74, 6) is 1.44. The largest absolute Gasteiger partial charge is 0.493 e. The molecule has 3 rings (SSSR count). The fourth-order valence-electron chi connectivity index (χ4n) is 3.31. The summed E-state index contributed by atoms with van der Waals surface area (Å²) < 4.78 is 11.2. The summed E-state index contributed by atoms with van der Waals surface area (Å²) in [5, 5.41) is 3.34. The summed E-state index contributed by atoms with van der Waals surface area (Å²) in [6, 6.07) is 8.25. The van der Waals surface area contributed by atoms with Crippen LogP contribution >= 0.6 is 24.0 Å². The number of para-hydroxylation sites is 1. The number of nitrogens with zero attached hydrogens (tertiary/aromatic N) is 2. The maximum absolute atomic E-state index is 6.10. The lowest BCUT2D eigenvalue weighted by Crippen LogP contribution is -2.53. The predicted octanol–water partition coefficient (Wildman–Crippen LogP) is 2.14. The quantitative estimate of drug-likeness (QED) is 0.410. The van der Waals surface area contributed by atoms with Gasteiger partial charge in [0.25, 0.3) is 0 Å². The van der Waals surface area contributed by atoms with E-state index in [4.69, 9.17) is 15.2 Å². The van der Waals surface area contributed by atoms with Gasteiger partial charge in [0, 0.05) is 30.6 Å². The Hall–Kier alpha value is -1.06. The van der Waals surface area contributed by atoms with Crippen LogP contribution < -0.4 is 15.8 Å². The van der Waals surface area contributed by atoms with E-state index in [1.54, 1.807) is 0 Å². The molecule has 0 saturated carbocycles. The number of ether oxygens (including phenoxy) is 2. The summed E-state index contributed by atoms with van der Waals surface area (Å²) >= 11 is 0. The van der Waals surface area contributed by atoms with E-state index < -0.39 is 0 Å². The van der Waals surface area contributed by atoms with Crippen LogP contribution in [0.3, 0.4) is 0 Å². The number of benzene rings is 1. The molecule has 1 aromatic rings. The van der Waals surface area contributed by atoms with Crippen molar-refractivity contribution in [1.82, 2.24) is 10.2 Å². The molecule has 140 valence electrons. The molecule has 1 aromatic carbocycles. The number of hydrogen-bond donors (Lipinski definition) is 2. The van der Waals surface area contributed by atoms with Gasteiger partial charge in [0.15, 0.2) is 5.96 Å². The molecule has 0 aliphatic carbocycles. The van der Waals surface area contributed by atoms with Crippen molar-refractivity contribution in [3.63, 3.8) is 0 Å². The lowest BCUT2D eigenvalue weighted by molar-refractivity contribution is -0.0491. The van der Waals surface area contributed by atoms with Crippen molar-refractivity contribution in [3.05, 3.63) is 29.8 Å². The second kappa shape index (κ2) is 9.05. The first-order chi connectivity index (χ1) is 11.6. The molecule has 2 heterocycles. The van der Waals surface area contributed by atoms with Crippen molar-refractivity contribution in [2.24, 2.45) is 10.7 Å². The first-order valence-corrected chi connectivity index (χ1v) is 8.67. The monoisotopic (exact) mass is 460 g/mol. The molecule has 25 heavy (non-hydrogen) atoms. The third kappa shape index (κ3) is 5.21. The van der Waals surface area contributed by atoms with Crippen LogP contribution in [0, 0.1) is 0 Å². The minimum atomic E-state index is 0. The van der Waals surface area contributed by atoms with Gasteiger partial charge in [0.1, 0.15) is 5.75 Å². The molecule has 7 heteroatoms. The van der Waals surface area contributed by atoms with E-state index in [0.717, 1.165) is 44.0 Å². The highest BCUT2D eigenvalue weighted by Gasteiger charge is 2.29. The van der Waals surface area contributed by atoms with E-state index in [9.17, 15) is 0 Å². The molecule has 0 amide bonds. The highest BCUT2D eigenvalue weighted by atomic mass is 127. The van der Waals surface area contributed by atoms with Gasteiger partial charge in [-0.25, -0.2) is 0 Å². The van der Waals surface area contributed by atoms with Gasteiger partial charge in [-0.3, -0.25) is 9.89 Å². The number of guanidine groups is 1. The van der Waals surface area contributed by atoms with Crippen molar-refractivity contribution in [1.29, 1.82) is 0 Å². The highest BCUT2D eigenvalue weighted by Crippen LogP contribution is 2.31. The van der Waals surface area contributed by atoms with E-state index in [0.29, 0.717) is 19.1 Å². The zero-order valence-corrected chi connectivity index (χ0v) is 17.4. The summed E-state index contributed by atoms with van der Waals surface area (Å²) in [5.41, 5.74) is 7.31. The Labute approximate surface area is 167 Å². The van der Waals surface area contributed by atoms with E-state index in [-0.39, 0.29) is 35.6 Å². The Kier molecular flexibility index (Phi) is 7.33. The van der Waals surface area contributed by atoms with Crippen molar-refractivity contribution in [2.45, 2.75) is 31.8 Å². The Bertz CT molecular complexity index is 594. The molecule has 1 fully saturated rings. The fourth-order valence-corrected chi connectivity index (χ4v) is 3.31. The van der Waals surface area contributed by atoms with E-state index in [1.165, 1.54) is 0 Å². The Morgan fingerprint density at radius 3 is 2.96 bits per heavy atom. The Balaban J connectivity index is 0.00000225. The van der Waals surface area contributed by atoms with Crippen LogP contribution in [0.4, 0.5) is 0 Å². The molecule has 2 aliphatic heterocycles. The van der Waals surface area contributed by atoms with Gasteiger partial charge in [-0.2, -0.15) is 0 Å². The van der Waals surface area contributed by atoms with Crippen molar-refractivity contribution < 1.29 is 9.47 Å². The molecule has 1 atom stereocenters. The zero-order chi connectivity index (χ0) is 17.0. The second-order valence-electron chi connectivity index (χ2n) is 6.99. The second-order valence-corrected chi connectivity index (χ2v) is 6.99. The maximum atomic E-state index is 6.10. The van der Waals surface area contributed by atoms with Crippen molar-refractivity contribution in [3.8, 4) is 5.75 Å². The van der Waals surface area contributed by atoms with E-state index in [1.807, 2.05) is 18.2 Å². The third-order valence-electron chi connectivity index (χ3n) is 4.75. The van der Waals surface area contributed by atoms with Crippen LogP contribution in [0.1, 0.15) is 31.9 Å². The summed E-state index contributed by atoms with van der Waals surface area (Å²) in [7, 11) is 0. The smallest absolute Gasteiger partial charge is 0.189 e. The van der Waals surface area contributed by atoms with E-state index >= 15 is 0 Å². The van der Waals surface area contributed by atoms with Crippen molar-refractivity contribution >= 4 is 29.9 Å². The minimum absolute atomic E-state index is 0. The van der Waals surface area contributed by atoms with Gasteiger partial charge in [-0.15, -0.1) is 24.0 Å². The number of nitrogens with one attached hydrogen (secondary N) is 1. The molecule has 0 aromatic heterocycles. The van der Waals surface area contributed by atoms with Gasteiger partial charge in [-0.1, -0.05) is 18.2 Å². The van der Waals surface area contributed by atoms with E-state index in [2.05, 4.69) is 35.1 Å². The Morgan fingerprint density at radius 2 is 2.16 bits per heavy atom. The van der Waals surface area contributed by atoms with Crippen molar-refractivity contribution in [2.75, 3.05) is 39.5 Å². The number of halogens is 1. The number of morpholine rings is 1. The number of aliphatic imine (C=N–C) groups is 1. The van der Waals surface area contributed by atoms with Crippen LogP contribution in [-0.4, -0.2) is 55.9 Å². The standard InChI is InChI=1S/C18H28N4O2.HI/c1-18(2)13-23-12-10-22(18)9-8-20-17(19)21-15-7-11-24-16-6-4-3-5-14(15)16;/h3-6,15H,7-13H2,1-2H3,(H3,19,20,21);1H. The highest BCUT2D eigenvalue weighted by molar-refractivity contribution is 14.0. The molecule has 0 spiro atoms. The SMILES string of the molecule is CC1(C)COCCN1CCN=C(N)NC1CCOc2ccccc21.I. The molecule has 2 aliphatic rings. The van der Waals surface area contributed by atoms with Crippen LogP contribution in [-0.2, 0) is 4.74 Å². The molecule has 1 saturated heterocycles. The first kappa shape index (κ1) is 20.3. The summed E-state index contributed by atoms with van der Waals surface area (Å²) in [6.45, 7) is 9.19. The predicted molar refractivity (Wildman–Crippen MR) is 111 cm³/mol. The maximum Gasteiger partial charge on any atom is 0.189 e. The van der Waals surface area contributed by atoms with Gasteiger partial charge >= 0.3 is 0 Å². The molecular formula is C18H29IN4O2. The molecule has 3 N–H and O–H groups in total. The lowest BCUT2D eigenvalue weighted by atomic mass is 10.0. The molecule has 0 radical (unpaired) electrons. The average molecular weight is 460 g/mol. The number of fused-ring (bicyclic) bond motifs is 1. The topological polar surface area (TPSA) is 72.1 Å². The lowest BCUT2D eigenvalue weighted by Gasteiger charge is -2.41. The van der Waals surface area contributed by atoms with Gasteiger partial charge in [-0.05, 0) is 19.9 Å².